The fraction of sp³-hybridized carbons (Fsp3) is 0.640. The summed E-state index contributed by atoms with van der Waals surface area (Å²) in [5.41, 5.74) is 2.70. The van der Waals surface area contributed by atoms with Crippen molar-refractivity contribution in [1.82, 2.24) is 0 Å². The Morgan fingerprint density at radius 2 is 1.58 bits per heavy atom. The maximum Gasteiger partial charge on any atom is 0.327 e. The number of benzene rings is 1. The summed E-state index contributed by atoms with van der Waals surface area (Å²) in [4.78, 5) is 12.9. The maximum atomic E-state index is 12.9. The first-order valence-electron chi connectivity index (χ1n) is 11.0. The zero-order valence-electron chi connectivity index (χ0n) is 20.8. The third-order valence-electron chi connectivity index (χ3n) is 5.26. The van der Waals surface area contributed by atoms with Gasteiger partial charge in [0.1, 0.15) is 12.4 Å². The van der Waals surface area contributed by atoms with E-state index in [1.54, 1.807) is 0 Å². The number of rotatable bonds is 10. The van der Waals surface area contributed by atoms with Crippen molar-refractivity contribution in [3.8, 4) is 5.75 Å². The van der Waals surface area contributed by atoms with E-state index in [2.05, 4.69) is 48.5 Å². The minimum absolute atomic E-state index is 0.196. The number of hydrogen-bond donors (Lipinski definition) is 1. The largest absolute Gasteiger partial charge is 0.507 e. The van der Waals surface area contributed by atoms with Crippen LogP contribution in [-0.4, -0.2) is 31.3 Å². The number of ketones is 1. The molecule has 5 nitrogen and oxygen atoms in total. The van der Waals surface area contributed by atoms with Crippen molar-refractivity contribution in [3.05, 3.63) is 34.4 Å². The van der Waals surface area contributed by atoms with Crippen LogP contribution in [0.5, 0.6) is 5.75 Å². The normalized spacial score (nSPS) is 15.1. The van der Waals surface area contributed by atoms with Gasteiger partial charge in [0.15, 0.2) is 5.78 Å². The van der Waals surface area contributed by atoms with Crippen LogP contribution >= 0.6 is 7.60 Å². The molecule has 0 radical (unpaired) electrons. The van der Waals surface area contributed by atoms with Gasteiger partial charge in [-0.15, -0.1) is 0 Å². The van der Waals surface area contributed by atoms with Crippen LogP contribution in [-0.2, 0) is 29.2 Å². The first-order valence-corrected chi connectivity index (χ1v) is 13.0. The fourth-order valence-electron chi connectivity index (χ4n) is 3.26. The summed E-state index contributed by atoms with van der Waals surface area (Å²) in [5, 5.41) is 10.9. The molecule has 0 aliphatic carbocycles. The molecule has 0 aliphatic heterocycles. The Kier molecular flexibility index (Phi) is 9.74. The average molecular weight is 453 g/mol. The van der Waals surface area contributed by atoms with Gasteiger partial charge < -0.3 is 14.2 Å². The molecule has 0 aliphatic rings. The molecule has 0 saturated carbocycles. The molecule has 1 rings (SSSR count). The van der Waals surface area contributed by atoms with Gasteiger partial charge in [0, 0.05) is 24.9 Å². The Morgan fingerprint density at radius 3 is 2.00 bits per heavy atom. The number of phenols is 1. The van der Waals surface area contributed by atoms with Crippen LogP contribution in [0.25, 0.3) is 6.08 Å². The number of phenolic OH excluding ortho intramolecular Hbond substituents is 1. The first-order chi connectivity index (χ1) is 14.1. The predicted octanol–water partition coefficient (Wildman–Crippen LogP) is 7.01. The highest BCUT2D eigenvalue weighted by atomic mass is 31.2. The summed E-state index contributed by atoms with van der Waals surface area (Å²) >= 11 is 0. The average Bonchev–Trinajstić information content (AvgIpc) is 2.64. The number of unbranched alkanes of at least 4 members (excludes halogenated alkanes) is 2. The van der Waals surface area contributed by atoms with Crippen molar-refractivity contribution < 1.29 is 23.5 Å². The summed E-state index contributed by atoms with van der Waals surface area (Å²) in [6.45, 7) is 15.6. The van der Waals surface area contributed by atoms with Gasteiger partial charge in [-0.2, -0.15) is 0 Å². The summed E-state index contributed by atoms with van der Waals surface area (Å²) in [6.07, 6.45) is 5.46. The van der Waals surface area contributed by atoms with E-state index in [4.69, 9.17) is 9.05 Å². The lowest BCUT2D eigenvalue weighted by molar-refractivity contribution is -0.117. The number of Topliss-reactive ketones (excluding diaryl/α,β-unsaturated/α-hetero) is 1. The molecule has 176 valence electrons. The van der Waals surface area contributed by atoms with E-state index in [9.17, 15) is 14.5 Å². The monoisotopic (exact) mass is 452 g/mol. The Bertz CT molecular complexity index is 805. The Labute approximate surface area is 188 Å². The summed E-state index contributed by atoms with van der Waals surface area (Å²) in [6, 6.07) is 3.91. The Hall–Kier alpha value is -1.42. The minimum atomic E-state index is -3.23. The maximum absolute atomic E-state index is 12.9. The fourth-order valence-corrected chi connectivity index (χ4v) is 3.72. The van der Waals surface area contributed by atoms with Gasteiger partial charge in [-0.05, 0) is 53.0 Å². The zero-order valence-corrected chi connectivity index (χ0v) is 21.7. The summed E-state index contributed by atoms with van der Waals surface area (Å²) in [5.74, 6) is 0.115. The van der Waals surface area contributed by atoms with Crippen LogP contribution in [0, 0.1) is 0 Å². The second-order valence-corrected chi connectivity index (χ2v) is 12.4. The molecule has 1 N–H and O–H groups in total. The van der Waals surface area contributed by atoms with E-state index in [1.807, 2.05) is 18.2 Å². The highest BCUT2D eigenvalue weighted by molar-refractivity contribution is 7.52. The van der Waals surface area contributed by atoms with E-state index in [1.165, 1.54) is 13.8 Å². The van der Waals surface area contributed by atoms with Crippen LogP contribution in [0.2, 0.25) is 0 Å². The van der Waals surface area contributed by atoms with E-state index in [0.29, 0.717) is 17.7 Å². The minimum Gasteiger partial charge on any atom is -0.507 e. The van der Waals surface area contributed by atoms with Crippen LogP contribution < -0.4 is 0 Å². The van der Waals surface area contributed by atoms with Gasteiger partial charge in [0.05, 0.1) is 0 Å². The van der Waals surface area contributed by atoms with Gasteiger partial charge >= 0.3 is 7.60 Å². The Morgan fingerprint density at radius 1 is 1.06 bits per heavy atom. The number of aromatic hydroxyl groups is 1. The zero-order chi connectivity index (χ0) is 24.0. The molecule has 1 atom stereocenters. The molecule has 1 aromatic rings. The third kappa shape index (κ3) is 8.56. The predicted molar refractivity (Wildman–Crippen MR) is 129 cm³/mol. The molecule has 1 unspecified atom stereocenters. The van der Waals surface area contributed by atoms with Crippen LogP contribution in [0.15, 0.2) is 17.7 Å². The molecule has 0 saturated heterocycles. The van der Waals surface area contributed by atoms with E-state index < -0.39 is 7.60 Å². The summed E-state index contributed by atoms with van der Waals surface area (Å²) < 4.78 is 22.1. The topological polar surface area (TPSA) is 72.8 Å². The molecular formula is C25H41O5P. The molecule has 0 bridgehead atoms. The highest BCUT2D eigenvalue weighted by Crippen LogP contribution is 2.43. The van der Waals surface area contributed by atoms with Crippen molar-refractivity contribution in [1.29, 1.82) is 0 Å². The van der Waals surface area contributed by atoms with Crippen molar-refractivity contribution in [2.75, 3.05) is 20.4 Å². The van der Waals surface area contributed by atoms with Crippen molar-refractivity contribution in [3.63, 3.8) is 0 Å². The molecule has 1 aromatic carbocycles. The standard InChI is InChI=1S/C25H41O5P/c1-10-11-12-13-19(22(26)17-30-31(9,28)29-8)14-18-15-20(24(2,3)4)23(27)21(16-18)25(5,6)7/h14-16,27H,10-13,17H2,1-9H3. The molecular weight excluding hydrogens is 411 g/mol. The lowest BCUT2D eigenvalue weighted by Gasteiger charge is -2.28. The molecule has 0 heterocycles. The van der Waals surface area contributed by atoms with E-state index in [-0.39, 0.29) is 23.2 Å². The molecule has 6 heteroatoms. The SMILES string of the molecule is CCCCCC(=Cc1cc(C(C)(C)C)c(O)c(C(C)(C)C)c1)C(=O)COP(C)(=O)OC. The van der Waals surface area contributed by atoms with Gasteiger partial charge in [0.25, 0.3) is 0 Å². The highest BCUT2D eigenvalue weighted by Gasteiger charge is 2.26. The first kappa shape index (κ1) is 27.6. The smallest absolute Gasteiger partial charge is 0.327 e. The van der Waals surface area contributed by atoms with E-state index in [0.717, 1.165) is 36.0 Å². The molecule has 0 aromatic heterocycles. The van der Waals surface area contributed by atoms with Crippen molar-refractivity contribution >= 4 is 19.5 Å². The van der Waals surface area contributed by atoms with Gasteiger partial charge in [-0.3, -0.25) is 9.36 Å². The van der Waals surface area contributed by atoms with Crippen molar-refractivity contribution in [2.24, 2.45) is 0 Å². The number of hydrogen-bond acceptors (Lipinski definition) is 5. The van der Waals surface area contributed by atoms with E-state index >= 15 is 0 Å². The Balaban J connectivity index is 3.47. The molecule has 31 heavy (non-hydrogen) atoms. The lowest BCUT2D eigenvalue weighted by atomic mass is 9.78. The third-order valence-corrected chi connectivity index (χ3v) is 6.52. The lowest BCUT2D eigenvalue weighted by Crippen LogP contribution is -2.17. The molecule has 0 amide bonds. The second kappa shape index (κ2) is 10.9. The number of carbonyl (C=O) groups excluding carboxylic acids is 1. The van der Waals surface area contributed by atoms with Crippen LogP contribution in [0.4, 0.5) is 0 Å². The van der Waals surface area contributed by atoms with Crippen LogP contribution in [0.1, 0.15) is 90.8 Å². The second-order valence-electron chi connectivity index (χ2n) is 10.2. The van der Waals surface area contributed by atoms with Crippen molar-refractivity contribution in [2.45, 2.75) is 85.0 Å². The number of carbonyl (C=O) groups is 1. The van der Waals surface area contributed by atoms with Gasteiger partial charge in [-0.1, -0.05) is 61.3 Å². The molecule has 0 spiro atoms. The van der Waals surface area contributed by atoms with Gasteiger partial charge in [0.2, 0.25) is 0 Å². The quantitative estimate of drug-likeness (QED) is 0.235. The summed E-state index contributed by atoms with van der Waals surface area (Å²) in [7, 11) is -1.92. The van der Waals surface area contributed by atoms with Gasteiger partial charge in [-0.25, -0.2) is 0 Å². The van der Waals surface area contributed by atoms with Crippen LogP contribution in [0.3, 0.4) is 0 Å². The molecule has 0 fully saturated rings.